The first-order valence-corrected chi connectivity index (χ1v) is 4.60. The first-order chi connectivity index (χ1) is 6.81. The third kappa shape index (κ3) is 1.58. The molecule has 1 aromatic carbocycles. The Hall–Kier alpha value is -1.49. The number of rotatable bonds is 1. The van der Waals surface area contributed by atoms with Gasteiger partial charge in [0.05, 0.1) is 12.7 Å². The molecule has 1 aromatic rings. The van der Waals surface area contributed by atoms with Crippen molar-refractivity contribution in [1.82, 2.24) is 0 Å². The molecule has 4 nitrogen and oxygen atoms in total. The number of hydrogen-bond donors (Lipinski definition) is 0. The second-order valence-corrected chi connectivity index (χ2v) is 3.16. The Morgan fingerprint density at radius 3 is 3.21 bits per heavy atom. The van der Waals surface area contributed by atoms with Crippen LogP contribution >= 0.6 is 12.2 Å². The number of benzene rings is 1. The van der Waals surface area contributed by atoms with E-state index in [1.807, 2.05) is 0 Å². The lowest BCUT2D eigenvalue weighted by Gasteiger charge is -2.09. The molecule has 1 aliphatic heterocycles. The van der Waals surface area contributed by atoms with Crippen LogP contribution in [0.3, 0.4) is 0 Å². The minimum Gasteiger partial charge on any atom is -0.465 e. The first-order valence-electron chi connectivity index (χ1n) is 3.90. The van der Waals surface area contributed by atoms with E-state index in [0.717, 1.165) is 17.8 Å². The fourth-order valence-corrected chi connectivity index (χ4v) is 1.54. The topological polar surface area (TPSA) is 47.9 Å². The Labute approximate surface area is 85.3 Å². The molecule has 0 saturated carbocycles. The van der Waals surface area contributed by atoms with Gasteiger partial charge < -0.3 is 8.92 Å². The van der Waals surface area contributed by atoms with Crippen LogP contribution in [0.1, 0.15) is 15.9 Å². The van der Waals surface area contributed by atoms with Gasteiger partial charge >= 0.3 is 5.97 Å². The fourth-order valence-electron chi connectivity index (χ4n) is 1.11. The third-order valence-electron chi connectivity index (χ3n) is 1.79. The molecule has 0 saturated heterocycles. The number of ether oxygens (including phenoxy) is 1. The minimum atomic E-state index is -0.362. The molecule has 2 rings (SSSR count). The number of fused-ring (bicyclic) bond motifs is 1. The maximum Gasteiger partial charge on any atom is 0.337 e. The summed E-state index contributed by atoms with van der Waals surface area (Å²) < 4.78 is 13.6. The van der Waals surface area contributed by atoms with Crippen LogP contribution in [0.4, 0.5) is 0 Å². The summed E-state index contributed by atoms with van der Waals surface area (Å²) in [6, 6.07) is 5.06. The summed E-state index contributed by atoms with van der Waals surface area (Å²) >= 11 is 1.01. The number of carbonyl (C=O) groups is 1. The molecule has 72 valence electrons. The van der Waals surface area contributed by atoms with Crippen LogP contribution in [0.25, 0.3) is 0 Å². The van der Waals surface area contributed by atoms with Crippen molar-refractivity contribution in [2.24, 2.45) is 4.40 Å². The van der Waals surface area contributed by atoms with Crippen LogP contribution in [0, 0.1) is 0 Å². The van der Waals surface area contributed by atoms with Gasteiger partial charge in [-0.3, -0.25) is 0 Å². The smallest absolute Gasteiger partial charge is 0.337 e. The zero-order chi connectivity index (χ0) is 9.97. The van der Waals surface area contributed by atoms with E-state index >= 15 is 0 Å². The fraction of sp³-hybridized carbons (Fsp3) is 0.111. The van der Waals surface area contributed by atoms with Crippen molar-refractivity contribution in [3.05, 3.63) is 29.3 Å². The average molecular weight is 209 g/mol. The molecule has 0 bridgehead atoms. The molecule has 5 heteroatoms. The highest BCUT2D eigenvalue weighted by atomic mass is 32.2. The molecule has 0 unspecified atom stereocenters. The van der Waals surface area contributed by atoms with Gasteiger partial charge in [0.15, 0.2) is 0 Å². The summed E-state index contributed by atoms with van der Waals surface area (Å²) in [5, 5.41) is 0. The van der Waals surface area contributed by atoms with E-state index in [-0.39, 0.29) is 5.97 Å². The number of hydrogen-bond acceptors (Lipinski definition) is 5. The van der Waals surface area contributed by atoms with Gasteiger partial charge in [0.1, 0.15) is 5.75 Å². The minimum absolute atomic E-state index is 0.362. The van der Waals surface area contributed by atoms with E-state index in [4.69, 9.17) is 4.18 Å². The van der Waals surface area contributed by atoms with Crippen molar-refractivity contribution in [2.45, 2.75) is 0 Å². The molecule has 0 amide bonds. The van der Waals surface area contributed by atoms with Gasteiger partial charge in [-0.05, 0) is 18.2 Å². The summed E-state index contributed by atoms with van der Waals surface area (Å²) in [4.78, 5) is 11.2. The second-order valence-electron chi connectivity index (χ2n) is 2.64. The second kappa shape index (κ2) is 3.71. The number of esters is 1. The molecule has 14 heavy (non-hydrogen) atoms. The van der Waals surface area contributed by atoms with Crippen LogP contribution in [0.2, 0.25) is 0 Å². The molecule has 0 aromatic heterocycles. The average Bonchev–Trinajstić information content (AvgIpc) is 2.27. The monoisotopic (exact) mass is 209 g/mol. The lowest BCUT2D eigenvalue weighted by molar-refractivity contribution is 0.0600. The zero-order valence-corrected chi connectivity index (χ0v) is 8.21. The van der Waals surface area contributed by atoms with E-state index in [1.54, 1.807) is 24.4 Å². The Kier molecular flexibility index (Phi) is 2.41. The number of nitrogens with zero attached hydrogens (tertiary/aromatic N) is 1. The molecule has 0 radical (unpaired) electrons. The lowest BCUT2D eigenvalue weighted by atomic mass is 10.1. The summed E-state index contributed by atoms with van der Waals surface area (Å²) in [6.07, 6.45) is 1.65. The molecule has 0 atom stereocenters. The van der Waals surface area contributed by atoms with Crippen LogP contribution in [-0.4, -0.2) is 19.3 Å². The van der Waals surface area contributed by atoms with Crippen LogP contribution < -0.4 is 4.18 Å². The third-order valence-corrected chi connectivity index (χ3v) is 2.24. The van der Waals surface area contributed by atoms with Crippen LogP contribution in [0.15, 0.2) is 22.6 Å². The normalized spacial score (nSPS) is 12.9. The van der Waals surface area contributed by atoms with Crippen molar-refractivity contribution in [3.8, 4) is 5.75 Å². The molecule has 0 fully saturated rings. The molecule has 1 heterocycles. The maximum atomic E-state index is 11.2. The molecule has 1 aliphatic rings. The van der Waals surface area contributed by atoms with Crippen LogP contribution in [-0.2, 0) is 4.74 Å². The van der Waals surface area contributed by atoms with E-state index in [0.29, 0.717) is 11.3 Å². The van der Waals surface area contributed by atoms with Crippen molar-refractivity contribution < 1.29 is 13.7 Å². The lowest BCUT2D eigenvalue weighted by Crippen LogP contribution is -2.03. The standard InChI is InChI=1S/C9H7NO3S/c1-12-9(11)6-2-3-8-7(4-6)5-10-14-13-8/h2-5H,1H3. The van der Waals surface area contributed by atoms with E-state index in [9.17, 15) is 4.79 Å². The summed E-state index contributed by atoms with van der Waals surface area (Å²) in [5.41, 5.74) is 1.28. The highest BCUT2D eigenvalue weighted by molar-refractivity contribution is 7.93. The molecule has 0 aliphatic carbocycles. The van der Waals surface area contributed by atoms with Crippen molar-refractivity contribution in [1.29, 1.82) is 0 Å². The first kappa shape index (κ1) is 9.08. The van der Waals surface area contributed by atoms with Gasteiger partial charge in [-0.2, -0.15) is 4.40 Å². The maximum absolute atomic E-state index is 11.2. The van der Waals surface area contributed by atoms with E-state index in [1.165, 1.54) is 7.11 Å². The van der Waals surface area contributed by atoms with Crippen molar-refractivity contribution in [3.63, 3.8) is 0 Å². The van der Waals surface area contributed by atoms with Gasteiger partial charge in [0, 0.05) is 11.8 Å². The molecular formula is C9H7NO3S. The highest BCUT2D eigenvalue weighted by Crippen LogP contribution is 2.26. The van der Waals surface area contributed by atoms with Gasteiger partial charge in [-0.25, -0.2) is 4.79 Å². The van der Waals surface area contributed by atoms with Gasteiger partial charge in [0.25, 0.3) is 0 Å². The number of carbonyl (C=O) groups excluding carboxylic acids is 1. The Morgan fingerprint density at radius 2 is 2.43 bits per heavy atom. The van der Waals surface area contributed by atoms with Gasteiger partial charge in [-0.15, -0.1) is 0 Å². The quantitative estimate of drug-likeness (QED) is 0.402. The highest BCUT2D eigenvalue weighted by Gasteiger charge is 2.12. The Morgan fingerprint density at radius 1 is 1.57 bits per heavy atom. The van der Waals surface area contributed by atoms with Gasteiger partial charge in [-0.1, -0.05) is 0 Å². The largest absolute Gasteiger partial charge is 0.465 e. The predicted molar refractivity (Wildman–Crippen MR) is 53.6 cm³/mol. The van der Waals surface area contributed by atoms with E-state index < -0.39 is 0 Å². The summed E-state index contributed by atoms with van der Waals surface area (Å²) in [5.74, 6) is 0.345. The summed E-state index contributed by atoms with van der Waals surface area (Å²) in [7, 11) is 1.35. The zero-order valence-electron chi connectivity index (χ0n) is 7.39. The van der Waals surface area contributed by atoms with Crippen molar-refractivity contribution in [2.75, 3.05) is 7.11 Å². The van der Waals surface area contributed by atoms with E-state index in [2.05, 4.69) is 9.13 Å². The molecule has 0 spiro atoms. The van der Waals surface area contributed by atoms with Gasteiger partial charge in [0.2, 0.25) is 12.2 Å². The Bertz CT molecular complexity index is 403. The van der Waals surface area contributed by atoms with Crippen molar-refractivity contribution >= 4 is 24.4 Å². The summed E-state index contributed by atoms with van der Waals surface area (Å²) in [6.45, 7) is 0. The van der Waals surface area contributed by atoms with Crippen LogP contribution in [0.5, 0.6) is 5.75 Å². The Balaban J connectivity index is 2.40. The SMILES string of the molecule is COC(=O)c1ccc2c(c1)C=NSO2. The number of methoxy groups -OCH3 is 1. The molecule has 0 N–H and O–H groups in total. The molecular weight excluding hydrogens is 202 g/mol. The predicted octanol–water partition coefficient (Wildman–Crippen LogP) is 1.85.